The van der Waals surface area contributed by atoms with E-state index in [0.29, 0.717) is 6.04 Å². The minimum absolute atomic E-state index is 0.464. The first kappa shape index (κ1) is 11.0. The van der Waals surface area contributed by atoms with Crippen LogP contribution in [0.25, 0.3) is 0 Å². The summed E-state index contributed by atoms with van der Waals surface area (Å²) in [5.74, 6) is 0.775. The Hall–Kier alpha value is -0.0800. The highest BCUT2D eigenvalue weighted by atomic mass is 15.2. The van der Waals surface area contributed by atoms with Gasteiger partial charge in [-0.05, 0) is 31.7 Å². The quantitative estimate of drug-likeness (QED) is 0.722. The first-order chi connectivity index (χ1) is 6.13. The van der Waals surface area contributed by atoms with E-state index in [1.807, 2.05) is 0 Å². The second-order valence-corrected chi connectivity index (χ2v) is 4.71. The van der Waals surface area contributed by atoms with Gasteiger partial charge in [-0.25, -0.2) is 0 Å². The third kappa shape index (κ3) is 3.28. The fraction of sp³-hybridized carbons (Fsp3) is 1.00. The van der Waals surface area contributed by atoms with Crippen molar-refractivity contribution in [2.45, 2.75) is 52.1 Å². The van der Waals surface area contributed by atoms with Gasteiger partial charge in [0.1, 0.15) is 0 Å². The molecule has 1 aliphatic carbocycles. The summed E-state index contributed by atoms with van der Waals surface area (Å²) in [5.41, 5.74) is 5.92. The molecule has 1 rings (SSSR count). The van der Waals surface area contributed by atoms with Crippen molar-refractivity contribution in [3.63, 3.8) is 0 Å². The van der Waals surface area contributed by atoms with Gasteiger partial charge in [-0.2, -0.15) is 0 Å². The van der Waals surface area contributed by atoms with E-state index in [9.17, 15) is 0 Å². The van der Waals surface area contributed by atoms with Crippen LogP contribution < -0.4 is 5.73 Å². The molecule has 13 heavy (non-hydrogen) atoms. The lowest BCUT2D eigenvalue weighted by Crippen LogP contribution is -2.37. The van der Waals surface area contributed by atoms with Gasteiger partial charge in [0.05, 0.1) is 0 Å². The molecule has 2 N–H and O–H groups in total. The first-order valence-corrected chi connectivity index (χ1v) is 5.63. The van der Waals surface area contributed by atoms with Crippen molar-refractivity contribution in [2.75, 3.05) is 13.1 Å². The van der Waals surface area contributed by atoms with E-state index >= 15 is 0 Å². The van der Waals surface area contributed by atoms with Crippen LogP contribution in [-0.2, 0) is 0 Å². The Labute approximate surface area is 82.5 Å². The second kappa shape index (κ2) is 4.97. The van der Waals surface area contributed by atoms with Crippen LogP contribution >= 0.6 is 0 Å². The van der Waals surface area contributed by atoms with Crippen molar-refractivity contribution in [1.29, 1.82) is 0 Å². The number of nitrogens with two attached hydrogens (primary N) is 1. The van der Waals surface area contributed by atoms with Crippen molar-refractivity contribution in [1.82, 2.24) is 4.90 Å². The molecule has 0 amide bonds. The molecular formula is C11H24N2. The molecule has 0 saturated heterocycles. The van der Waals surface area contributed by atoms with Crippen LogP contribution in [0.4, 0.5) is 0 Å². The fourth-order valence-corrected chi connectivity index (χ4v) is 2.33. The number of hydrogen-bond acceptors (Lipinski definition) is 2. The maximum atomic E-state index is 5.92. The summed E-state index contributed by atoms with van der Waals surface area (Å²) in [6.07, 6.45) is 3.74. The van der Waals surface area contributed by atoms with Gasteiger partial charge in [0.25, 0.3) is 0 Å². The number of nitrogens with zero attached hydrogens (tertiary/aromatic N) is 1. The Balaban J connectivity index is 2.37. The number of hydrogen-bond donors (Lipinski definition) is 1. The van der Waals surface area contributed by atoms with Gasteiger partial charge >= 0.3 is 0 Å². The summed E-state index contributed by atoms with van der Waals surface area (Å²) in [6.45, 7) is 9.24. The smallest absolute Gasteiger partial charge is 0.0111 e. The molecule has 78 valence electrons. The van der Waals surface area contributed by atoms with Crippen molar-refractivity contribution in [2.24, 2.45) is 11.7 Å². The molecular weight excluding hydrogens is 160 g/mol. The average Bonchev–Trinajstić information content (AvgIpc) is 2.47. The summed E-state index contributed by atoms with van der Waals surface area (Å²) < 4.78 is 0. The Morgan fingerprint density at radius 2 is 2.08 bits per heavy atom. The molecule has 2 heteroatoms. The molecule has 1 saturated carbocycles. The van der Waals surface area contributed by atoms with Crippen LogP contribution in [0.3, 0.4) is 0 Å². The van der Waals surface area contributed by atoms with Crippen LogP contribution in [0.15, 0.2) is 0 Å². The molecule has 1 aliphatic rings. The lowest BCUT2D eigenvalue weighted by molar-refractivity contribution is 0.185. The van der Waals surface area contributed by atoms with Gasteiger partial charge < -0.3 is 10.6 Å². The first-order valence-electron chi connectivity index (χ1n) is 5.63. The fourth-order valence-electron chi connectivity index (χ4n) is 2.33. The minimum Gasteiger partial charge on any atom is -0.328 e. The second-order valence-electron chi connectivity index (χ2n) is 4.71. The van der Waals surface area contributed by atoms with Gasteiger partial charge in [0.2, 0.25) is 0 Å². The monoisotopic (exact) mass is 184 g/mol. The van der Waals surface area contributed by atoms with Gasteiger partial charge in [-0.15, -0.1) is 0 Å². The molecule has 2 unspecified atom stereocenters. The Kier molecular flexibility index (Phi) is 4.20. The molecule has 1 fully saturated rings. The largest absolute Gasteiger partial charge is 0.328 e. The van der Waals surface area contributed by atoms with Gasteiger partial charge in [-0.3, -0.25) is 0 Å². The van der Waals surface area contributed by atoms with Crippen LogP contribution in [0.5, 0.6) is 0 Å². The predicted octanol–water partition coefficient (Wildman–Crippen LogP) is 1.84. The predicted molar refractivity (Wildman–Crippen MR) is 57.7 cm³/mol. The zero-order valence-electron chi connectivity index (χ0n) is 9.29. The van der Waals surface area contributed by atoms with Crippen molar-refractivity contribution in [3.8, 4) is 0 Å². The highest BCUT2D eigenvalue weighted by Crippen LogP contribution is 2.23. The van der Waals surface area contributed by atoms with E-state index in [1.165, 1.54) is 32.4 Å². The minimum atomic E-state index is 0.464. The average molecular weight is 184 g/mol. The highest BCUT2D eigenvalue weighted by Gasteiger charge is 2.26. The van der Waals surface area contributed by atoms with Crippen LogP contribution in [0.1, 0.15) is 40.0 Å². The van der Waals surface area contributed by atoms with E-state index < -0.39 is 0 Å². The molecule has 0 aliphatic heterocycles. The third-order valence-corrected chi connectivity index (χ3v) is 2.97. The summed E-state index contributed by atoms with van der Waals surface area (Å²) in [6, 6.07) is 1.23. The lowest BCUT2D eigenvalue weighted by atomic mass is 10.1. The Bertz CT molecular complexity index is 145. The SMILES string of the molecule is CCN(CC(C)C)C1CCC(N)C1. The molecule has 0 spiro atoms. The summed E-state index contributed by atoms with van der Waals surface area (Å²) in [5, 5.41) is 0. The Morgan fingerprint density at radius 3 is 2.46 bits per heavy atom. The summed E-state index contributed by atoms with van der Waals surface area (Å²) in [4.78, 5) is 2.59. The maximum Gasteiger partial charge on any atom is 0.0111 e. The maximum absolute atomic E-state index is 5.92. The summed E-state index contributed by atoms with van der Waals surface area (Å²) in [7, 11) is 0. The molecule has 0 heterocycles. The molecule has 0 aromatic carbocycles. The Morgan fingerprint density at radius 1 is 1.38 bits per heavy atom. The lowest BCUT2D eigenvalue weighted by Gasteiger charge is -2.29. The van der Waals surface area contributed by atoms with Gasteiger partial charge in [0, 0.05) is 18.6 Å². The highest BCUT2D eigenvalue weighted by molar-refractivity contribution is 4.84. The van der Waals surface area contributed by atoms with Crippen molar-refractivity contribution >= 4 is 0 Å². The molecule has 0 radical (unpaired) electrons. The molecule has 2 nitrogen and oxygen atoms in total. The molecule has 2 atom stereocenters. The normalized spacial score (nSPS) is 29.1. The van der Waals surface area contributed by atoms with Crippen LogP contribution in [0.2, 0.25) is 0 Å². The molecule has 0 bridgehead atoms. The van der Waals surface area contributed by atoms with E-state index in [4.69, 9.17) is 5.73 Å². The van der Waals surface area contributed by atoms with Gasteiger partial charge in [-0.1, -0.05) is 20.8 Å². The van der Waals surface area contributed by atoms with Crippen molar-refractivity contribution in [3.05, 3.63) is 0 Å². The number of rotatable bonds is 4. The van der Waals surface area contributed by atoms with Crippen LogP contribution in [-0.4, -0.2) is 30.1 Å². The molecule has 0 aromatic rings. The van der Waals surface area contributed by atoms with E-state index in [-0.39, 0.29) is 0 Å². The standard InChI is InChI=1S/C11H24N2/c1-4-13(8-9(2)3)11-6-5-10(12)7-11/h9-11H,4-8,12H2,1-3H3. The topological polar surface area (TPSA) is 29.3 Å². The molecule has 0 aromatic heterocycles. The van der Waals surface area contributed by atoms with Crippen molar-refractivity contribution < 1.29 is 0 Å². The van der Waals surface area contributed by atoms with Gasteiger partial charge in [0.15, 0.2) is 0 Å². The van der Waals surface area contributed by atoms with E-state index in [1.54, 1.807) is 0 Å². The summed E-state index contributed by atoms with van der Waals surface area (Å²) >= 11 is 0. The zero-order valence-corrected chi connectivity index (χ0v) is 9.29. The van der Waals surface area contributed by atoms with Crippen LogP contribution in [0, 0.1) is 5.92 Å². The zero-order chi connectivity index (χ0) is 9.84. The van der Waals surface area contributed by atoms with E-state index in [0.717, 1.165) is 12.0 Å². The van der Waals surface area contributed by atoms with E-state index in [2.05, 4.69) is 25.7 Å². The third-order valence-electron chi connectivity index (χ3n) is 2.97.